The van der Waals surface area contributed by atoms with Gasteiger partial charge in [-0.25, -0.2) is 0 Å². The van der Waals surface area contributed by atoms with Crippen LogP contribution in [0.25, 0.3) is 0 Å². The second-order valence-corrected chi connectivity index (χ2v) is 6.22. The van der Waals surface area contributed by atoms with Crippen LogP contribution < -0.4 is 10.1 Å². The molecule has 0 saturated carbocycles. The van der Waals surface area contributed by atoms with Gasteiger partial charge in [0.1, 0.15) is 5.75 Å². The minimum atomic E-state index is -0.109. The summed E-state index contributed by atoms with van der Waals surface area (Å²) in [6, 6.07) is 17.8. The summed E-state index contributed by atoms with van der Waals surface area (Å²) in [7, 11) is 1.63. The number of carbonyl (C=O) groups is 1. The Morgan fingerprint density at radius 2 is 1.81 bits per heavy atom. The Morgan fingerprint density at radius 3 is 2.54 bits per heavy atom. The molecule has 134 valence electrons. The molecule has 0 aliphatic rings. The fourth-order valence-electron chi connectivity index (χ4n) is 2.99. The van der Waals surface area contributed by atoms with Gasteiger partial charge in [-0.05, 0) is 37.1 Å². The van der Waals surface area contributed by atoms with Crippen molar-refractivity contribution in [3.8, 4) is 5.75 Å². The Balaban J connectivity index is 1.73. The van der Waals surface area contributed by atoms with Crippen molar-refractivity contribution in [1.29, 1.82) is 0 Å². The number of rotatable bonds is 6. The van der Waals surface area contributed by atoms with Crippen molar-refractivity contribution in [3.05, 3.63) is 82.7 Å². The summed E-state index contributed by atoms with van der Waals surface area (Å²) in [6.07, 6.45) is 0. The molecule has 1 heterocycles. The molecule has 0 spiro atoms. The van der Waals surface area contributed by atoms with Crippen molar-refractivity contribution in [2.24, 2.45) is 0 Å². The number of ether oxygens (including phenoxy) is 1. The molecule has 1 amide bonds. The van der Waals surface area contributed by atoms with Crippen LogP contribution in [0.3, 0.4) is 0 Å². The van der Waals surface area contributed by atoms with E-state index in [0.29, 0.717) is 18.7 Å². The van der Waals surface area contributed by atoms with Crippen LogP contribution >= 0.6 is 0 Å². The lowest BCUT2D eigenvalue weighted by Crippen LogP contribution is -2.24. The van der Waals surface area contributed by atoms with E-state index in [1.165, 1.54) is 0 Å². The van der Waals surface area contributed by atoms with Gasteiger partial charge in [0, 0.05) is 12.2 Å². The second kappa shape index (κ2) is 7.87. The predicted molar refractivity (Wildman–Crippen MR) is 101 cm³/mol. The average molecular weight is 349 g/mol. The zero-order chi connectivity index (χ0) is 18.5. The van der Waals surface area contributed by atoms with Crippen molar-refractivity contribution in [2.75, 3.05) is 7.11 Å². The van der Waals surface area contributed by atoms with Crippen LogP contribution in [0.2, 0.25) is 0 Å². The summed E-state index contributed by atoms with van der Waals surface area (Å²) in [4.78, 5) is 12.7. The summed E-state index contributed by atoms with van der Waals surface area (Å²) in [5.74, 6) is 0.668. The van der Waals surface area contributed by atoms with E-state index in [-0.39, 0.29) is 5.91 Å². The first kappa shape index (κ1) is 17.7. The molecule has 0 unspecified atom stereocenters. The van der Waals surface area contributed by atoms with Gasteiger partial charge in [0.2, 0.25) is 0 Å². The zero-order valence-electron chi connectivity index (χ0n) is 15.3. The maximum Gasteiger partial charge on any atom is 0.255 e. The lowest BCUT2D eigenvalue weighted by molar-refractivity contribution is 0.0949. The Morgan fingerprint density at radius 1 is 1.08 bits per heavy atom. The van der Waals surface area contributed by atoms with Crippen LogP contribution in [-0.2, 0) is 13.1 Å². The molecule has 0 atom stereocenters. The second-order valence-electron chi connectivity index (χ2n) is 6.22. The largest absolute Gasteiger partial charge is 0.497 e. The van der Waals surface area contributed by atoms with Crippen LogP contribution in [0.15, 0.2) is 54.6 Å². The van der Waals surface area contributed by atoms with E-state index >= 15 is 0 Å². The Hall–Kier alpha value is -3.08. The van der Waals surface area contributed by atoms with Crippen LogP contribution in [0.1, 0.15) is 32.9 Å². The van der Waals surface area contributed by atoms with Gasteiger partial charge < -0.3 is 10.1 Å². The first-order valence-electron chi connectivity index (χ1n) is 8.57. The molecule has 0 fully saturated rings. The number of carbonyl (C=O) groups excluding carboxylic acids is 1. The van der Waals surface area contributed by atoms with Gasteiger partial charge in [-0.1, -0.05) is 42.5 Å². The molecule has 0 saturated heterocycles. The summed E-state index contributed by atoms with van der Waals surface area (Å²) in [5.41, 5.74) is 4.39. The highest BCUT2D eigenvalue weighted by atomic mass is 16.5. The van der Waals surface area contributed by atoms with Gasteiger partial charge in [-0.2, -0.15) is 5.10 Å². The first-order valence-corrected chi connectivity index (χ1v) is 8.57. The molecule has 0 bridgehead atoms. The molecule has 0 aliphatic heterocycles. The quantitative estimate of drug-likeness (QED) is 0.741. The number of methoxy groups -OCH3 is 1. The van der Waals surface area contributed by atoms with Crippen molar-refractivity contribution in [1.82, 2.24) is 15.1 Å². The molecular weight excluding hydrogens is 326 g/mol. The molecule has 2 aromatic carbocycles. The lowest BCUT2D eigenvalue weighted by atomic mass is 10.1. The summed E-state index contributed by atoms with van der Waals surface area (Å²) < 4.78 is 7.10. The molecule has 3 aromatic rings. The van der Waals surface area contributed by atoms with Gasteiger partial charge in [-0.3, -0.25) is 9.48 Å². The number of amides is 1. The fraction of sp³-hybridized carbons (Fsp3) is 0.238. The third-order valence-corrected chi connectivity index (χ3v) is 4.37. The van der Waals surface area contributed by atoms with E-state index in [1.54, 1.807) is 7.11 Å². The third kappa shape index (κ3) is 3.94. The first-order chi connectivity index (χ1) is 12.6. The Labute approximate surface area is 153 Å². The van der Waals surface area contributed by atoms with Crippen molar-refractivity contribution < 1.29 is 9.53 Å². The number of aryl methyl sites for hydroxylation is 1. The van der Waals surface area contributed by atoms with Gasteiger partial charge in [0.15, 0.2) is 0 Å². The maximum atomic E-state index is 12.7. The van der Waals surface area contributed by atoms with Crippen LogP contribution in [0.4, 0.5) is 0 Å². The summed E-state index contributed by atoms with van der Waals surface area (Å²) in [5, 5.41) is 7.52. The van der Waals surface area contributed by atoms with Crippen LogP contribution in [-0.4, -0.2) is 22.8 Å². The molecule has 5 heteroatoms. The van der Waals surface area contributed by atoms with Gasteiger partial charge in [0.25, 0.3) is 5.91 Å². The van der Waals surface area contributed by atoms with Crippen LogP contribution in [0, 0.1) is 13.8 Å². The van der Waals surface area contributed by atoms with E-state index in [2.05, 4.69) is 22.5 Å². The molecular formula is C21H23N3O2. The van der Waals surface area contributed by atoms with E-state index in [4.69, 9.17) is 4.74 Å². The highest BCUT2D eigenvalue weighted by molar-refractivity contribution is 5.96. The van der Waals surface area contributed by atoms with E-state index in [9.17, 15) is 4.79 Å². The van der Waals surface area contributed by atoms with Crippen LogP contribution in [0.5, 0.6) is 5.75 Å². The number of hydrogen-bond acceptors (Lipinski definition) is 3. The predicted octanol–water partition coefficient (Wildman–Crippen LogP) is 3.49. The summed E-state index contributed by atoms with van der Waals surface area (Å²) in [6.45, 7) is 4.90. The van der Waals surface area contributed by atoms with Crippen molar-refractivity contribution >= 4 is 5.91 Å². The Bertz CT molecular complexity index is 901. The van der Waals surface area contributed by atoms with Gasteiger partial charge in [0.05, 0.1) is 24.9 Å². The Kier molecular flexibility index (Phi) is 5.37. The van der Waals surface area contributed by atoms with Gasteiger partial charge >= 0.3 is 0 Å². The minimum absolute atomic E-state index is 0.109. The average Bonchev–Trinajstić information content (AvgIpc) is 2.94. The van der Waals surface area contributed by atoms with Crippen molar-refractivity contribution in [3.63, 3.8) is 0 Å². The fourth-order valence-corrected chi connectivity index (χ4v) is 2.99. The number of aromatic nitrogens is 2. The number of benzene rings is 2. The highest BCUT2D eigenvalue weighted by Gasteiger charge is 2.18. The SMILES string of the molecule is COc1cccc(CNC(=O)c2c(C)nn(Cc3ccccc3)c2C)c1. The molecule has 0 aliphatic carbocycles. The van der Waals surface area contributed by atoms with Gasteiger partial charge in [-0.15, -0.1) is 0 Å². The molecule has 26 heavy (non-hydrogen) atoms. The number of nitrogens with one attached hydrogen (secondary N) is 1. The zero-order valence-corrected chi connectivity index (χ0v) is 15.3. The molecule has 3 rings (SSSR count). The highest BCUT2D eigenvalue weighted by Crippen LogP contribution is 2.16. The van der Waals surface area contributed by atoms with E-state index < -0.39 is 0 Å². The van der Waals surface area contributed by atoms with E-state index in [1.807, 2.05) is 61.0 Å². The van der Waals surface area contributed by atoms with Crippen molar-refractivity contribution in [2.45, 2.75) is 26.9 Å². The topological polar surface area (TPSA) is 56.1 Å². The number of hydrogen-bond donors (Lipinski definition) is 1. The smallest absolute Gasteiger partial charge is 0.255 e. The normalized spacial score (nSPS) is 10.6. The van der Waals surface area contributed by atoms with E-state index in [0.717, 1.165) is 28.3 Å². The molecule has 0 radical (unpaired) electrons. The minimum Gasteiger partial charge on any atom is -0.497 e. The molecule has 1 N–H and O–H groups in total. The standard InChI is InChI=1S/C21H23N3O2/c1-15-20(16(2)24(23-15)14-17-8-5-4-6-9-17)21(25)22-13-18-10-7-11-19(12-18)26-3/h4-12H,13-14H2,1-3H3,(H,22,25). The summed E-state index contributed by atoms with van der Waals surface area (Å²) >= 11 is 0. The lowest BCUT2D eigenvalue weighted by Gasteiger charge is -2.08. The maximum absolute atomic E-state index is 12.7. The monoisotopic (exact) mass is 349 g/mol. The molecule has 5 nitrogen and oxygen atoms in total. The third-order valence-electron chi connectivity index (χ3n) is 4.37. The molecule has 1 aromatic heterocycles. The number of nitrogens with zero attached hydrogens (tertiary/aromatic N) is 2.